The fraction of sp³-hybridized carbons (Fsp3) is 0.480. The van der Waals surface area contributed by atoms with Crippen molar-refractivity contribution in [1.29, 1.82) is 0 Å². The van der Waals surface area contributed by atoms with Crippen LogP contribution in [0.3, 0.4) is 0 Å². The lowest BCUT2D eigenvalue weighted by Crippen LogP contribution is -2.53. The third kappa shape index (κ3) is 5.10. The maximum atomic E-state index is 14.3. The average Bonchev–Trinajstić information content (AvgIpc) is 3.35. The molecule has 2 aromatic carbocycles. The zero-order chi connectivity index (χ0) is 23.0. The fourth-order valence-corrected chi connectivity index (χ4v) is 4.91. The van der Waals surface area contributed by atoms with Crippen LogP contribution in [0.4, 0.5) is 0 Å². The molecule has 7 nitrogen and oxygen atoms in total. The van der Waals surface area contributed by atoms with Gasteiger partial charge in [-0.15, -0.1) is 10.1 Å². The lowest BCUT2D eigenvalue weighted by atomic mass is 9.65. The highest BCUT2D eigenvalue weighted by molar-refractivity contribution is 5.92. The van der Waals surface area contributed by atoms with Gasteiger partial charge in [0.25, 0.3) is 5.09 Å². The molecular formula is C25H33N3O4. The SMILES string of the molecule is CCN(CCO[N+](=O)[O-])C[C@H](C)C(C(=O)N1CCCC1)(c1ccccc1)c1ccccc1. The summed E-state index contributed by atoms with van der Waals surface area (Å²) in [7, 11) is 0. The van der Waals surface area contributed by atoms with Gasteiger partial charge in [-0.05, 0) is 36.4 Å². The van der Waals surface area contributed by atoms with Crippen molar-refractivity contribution in [2.24, 2.45) is 5.92 Å². The Morgan fingerprint density at radius 2 is 1.62 bits per heavy atom. The third-order valence-electron chi connectivity index (χ3n) is 6.51. The van der Waals surface area contributed by atoms with Crippen LogP contribution >= 0.6 is 0 Å². The van der Waals surface area contributed by atoms with E-state index in [2.05, 4.69) is 16.7 Å². The summed E-state index contributed by atoms with van der Waals surface area (Å²) in [6.07, 6.45) is 2.05. The molecular weight excluding hydrogens is 406 g/mol. The zero-order valence-electron chi connectivity index (χ0n) is 19.0. The van der Waals surface area contributed by atoms with Crippen molar-refractivity contribution in [2.45, 2.75) is 32.1 Å². The van der Waals surface area contributed by atoms with Gasteiger partial charge in [-0.1, -0.05) is 74.5 Å². The molecule has 32 heavy (non-hydrogen) atoms. The Hall–Kier alpha value is -2.93. The molecule has 1 aliphatic heterocycles. The average molecular weight is 440 g/mol. The Morgan fingerprint density at radius 3 is 2.09 bits per heavy atom. The van der Waals surface area contributed by atoms with Crippen LogP contribution in [0.2, 0.25) is 0 Å². The highest BCUT2D eigenvalue weighted by atomic mass is 16.9. The van der Waals surface area contributed by atoms with E-state index in [1.165, 1.54) is 0 Å². The van der Waals surface area contributed by atoms with E-state index in [0.29, 0.717) is 19.6 Å². The summed E-state index contributed by atoms with van der Waals surface area (Å²) in [6.45, 7) is 7.46. The van der Waals surface area contributed by atoms with Crippen molar-refractivity contribution in [3.63, 3.8) is 0 Å². The van der Waals surface area contributed by atoms with Gasteiger partial charge in [0.15, 0.2) is 0 Å². The Balaban J connectivity index is 2.03. The molecule has 1 saturated heterocycles. The number of amides is 1. The van der Waals surface area contributed by atoms with Crippen molar-refractivity contribution in [3.05, 3.63) is 81.9 Å². The largest absolute Gasteiger partial charge is 0.342 e. The molecule has 7 heteroatoms. The highest BCUT2D eigenvalue weighted by Gasteiger charge is 2.49. The minimum absolute atomic E-state index is 0.0112. The molecule has 1 aliphatic rings. The molecule has 1 amide bonds. The van der Waals surface area contributed by atoms with E-state index in [4.69, 9.17) is 0 Å². The van der Waals surface area contributed by atoms with Crippen molar-refractivity contribution in [2.75, 3.05) is 39.3 Å². The van der Waals surface area contributed by atoms with Crippen molar-refractivity contribution in [1.82, 2.24) is 9.80 Å². The molecule has 1 atom stereocenters. The quantitative estimate of drug-likeness (QED) is 0.394. The summed E-state index contributed by atoms with van der Waals surface area (Å²) >= 11 is 0. The smallest absolute Gasteiger partial charge is 0.294 e. The number of rotatable bonds is 11. The van der Waals surface area contributed by atoms with E-state index >= 15 is 0 Å². The number of carbonyl (C=O) groups excluding carboxylic acids is 1. The molecule has 0 unspecified atom stereocenters. The predicted octanol–water partition coefficient (Wildman–Crippen LogP) is 3.76. The Labute approximate surface area is 190 Å². The summed E-state index contributed by atoms with van der Waals surface area (Å²) in [5.41, 5.74) is 1.12. The topological polar surface area (TPSA) is 75.9 Å². The molecule has 0 saturated carbocycles. The Morgan fingerprint density at radius 1 is 1.09 bits per heavy atom. The summed E-state index contributed by atoms with van der Waals surface area (Å²) in [5.74, 6) is 0.0634. The number of hydrogen-bond donors (Lipinski definition) is 0. The van der Waals surface area contributed by atoms with E-state index in [1.54, 1.807) is 0 Å². The second-order valence-electron chi connectivity index (χ2n) is 8.39. The predicted molar refractivity (Wildman–Crippen MR) is 124 cm³/mol. The molecule has 0 aromatic heterocycles. The maximum Gasteiger partial charge on any atom is 0.294 e. The molecule has 2 aromatic rings. The first-order chi connectivity index (χ1) is 15.5. The Bertz CT molecular complexity index is 830. The van der Waals surface area contributed by atoms with E-state index in [1.807, 2.05) is 72.5 Å². The van der Waals surface area contributed by atoms with Crippen molar-refractivity contribution in [3.8, 4) is 0 Å². The minimum Gasteiger partial charge on any atom is -0.342 e. The van der Waals surface area contributed by atoms with E-state index < -0.39 is 10.5 Å². The summed E-state index contributed by atoms with van der Waals surface area (Å²) in [6, 6.07) is 20.1. The van der Waals surface area contributed by atoms with E-state index in [-0.39, 0.29) is 18.4 Å². The molecule has 0 radical (unpaired) electrons. The van der Waals surface area contributed by atoms with Crippen LogP contribution < -0.4 is 0 Å². The van der Waals surface area contributed by atoms with Crippen LogP contribution in [0.15, 0.2) is 60.7 Å². The number of hydrogen-bond acceptors (Lipinski definition) is 5. The van der Waals surface area contributed by atoms with Crippen LogP contribution in [0.25, 0.3) is 0 Å². The molecule has 0 spiro atoms. The van der Waals surface area contributed by atoms with Gasteiger partial charge in [-0.2, -0.15) is 0 Å². The van der Waals surface area contributed by atoms with Gasteiger partial charge in [0.2, 0.25) is 5.91 Å². The van der Waals surface area contributed by atoms with Crippen molar-refractivity contribution < 1.29 is 14.7 Å². The second kappa shape index (κ2) is 11.1. The molecule has 0 aliphatic carbocycles. The molecule has 172 valence electrons. The van der Waals surface area contributed by atoms with Gasteiger partial charge in [-0.3, -0.25) is 4.79 Å². The van der Waals surface area contributed by atoms with Gasteiger partial charge in [-0.25, -0.2) is 0 Å². The van der Waals surface area contributed by atoms with Gasteiger partial charge in [0.1, 0.15) is 12.0 Å². The van der Waals surface area contributed by atoms with Crippen molar-refractivity contribution >= 4 is 5.91 Å². The van der Waals surface area contributed by atoms with Crippen LogP contribution in [-0.4, -0.2) is 60.1 Å². The summed E-state index contributed by atoms with van der Waals surface area (Å²) in [5, 5.41) is 9.81. The normalized spacial score (nSPS) is 15.0. The number of likely N-dealkylation sites (tertiary alicyclic amines) is 1. The van der Waals surface area contributed by atoms with Gasteiger partial charge in [0.05, 0.1) is 0 Å². The summed E-state index contributed by atoms with van der Waals surface area (Å²) in [4.78, 5) is 33.5. The molecule has 1 fully saturated rings. The maximum absolute atomic E-state index is 14.3. The first-order valence-electron chi connectivity index (χ1n) is 11.4. The lowest BCUT2D eigenvalue weighted by Gasteiger charge is -2.43. The number of likely N-dealkylation sites (N-methyl/N-ethyl adjacent to an activating group) is 1. The second-order valence-corrected chi connectivity index (χ2v) is 8.39. The third-order valence-corrected chi connectivity index (χ3v) is 6.51. The standard InChI is InChI=1S/C25H33N3O4/c1-3-26(18-19-32-28(30)31)20-21(2)25(22-12-6-4-7-13-22,23-14-8-5-9-15-23)24(29)27-16-10-11-17-27/h4-9,12-15,21H,3,10-11,16-20H2,1-2H3/t21-/m0/s1. The first kappa shape index (κ1) is 23.7. The molecule has 0 bridgehead atoms. The molecule has 1 heterocycles. The monoisotopic (exact) mass is 439 g/mol. The van der Waals surface area contributed by atoms with Crippen LogP contribution in [-0.2, 0) is 15.0 Å². The van der Waals surface area contributed by atoms with Crippen LogP contribution in [0.5, 0.6) is 0 Å². The first-order valence-corrected chi connectivity index (χ1v) is 11.4. The van der Waals surface area contributed by atoms with Gasteiger partial charge in [0, 0.05) is 26.2 Å². The summed E-state index contributed by atoms with van der Waals surface area (Å²) < 4.78 is 0. The van der Waals surface area contributed by atoms with Crippen LogP contribution in [0.1, 0.15) is 37.8 Å². The minimum atomic E-state index is -0.843. The lowest BCUT2D eigenvalue weighted by molar-refractivity contribution is -0.757. The Kier molecular flexibility index (Phi) is 8.22. The van der Waals surface area contributed by atoms with Crippen LogP contribution in [0, 0.1) is 16.0 Å². The number of nitrogens with zero attached hydrogens (tertiary/aromatic N) is 3. The van der Waals surface area contributed by atoms with Gasteiger partial charge >= 0.3 is 0 Å². The zero-order valence-corrected chi connectivity index (χ0v) is 19.0. The van der Waals surface area contributed by atoms with E-state index in [0.717, 1.165) is 37.1 Å². The molecule has 3 rings (SSSR count). The number of carbonyl (C=O) groups is 1. The molecule has 0 N–H and O–H groups in total. The van der Waals surface area contributed by atoms with Gasteiger partial charge < -0.3 is 14.6 Å². The fourth-order valence-electron chi connectivity index (χ4n) is 4.91. The highest BCUT2D eigenvalue weighted by Crippen LogP contribution is 2.42. The number of benzene rings is 2. The van der Waals surface area contributed by atoms with E-state index in [9.17, 15) is 14.9 Å².